The van der Waals surface area contributed by atoms with Gasteiger partial charge in [0.2, 0.25) is 0 Å². The van der Waals surface area contributed by atoms with E-state index in [0.29, 0.717) is 22.8 Å². The van der Waals surface area contributed by atoms with Gasteiger partial charge >= 0.3 is 0 Å². The molecule has 0 saturated carbocycles. The van der Waals surface area contributed by atoms with Gasteiger partial charge in [0.15, 0.2) is 5.16 Å². The number of fused-ring (bicyclic) bond motifs is 1. The SMILES string of the molecule is CC(=O)CSc1nc2sc(C)c(C)c2c(=O)n1Cc1ccccc1. The number of aryl methyl sites for hydroxylation is 2. The highest BCUT2D eigenvalue weighted by Crippen LogP contribution is 2.28. The van der Waals surface area contributed by atoms with Crippen LogP contribution in [-0.2, 0) is 11.3 Å². The number of thioether (sulfide) groups is 1. The van der Waals surface area contributed by atoms with Crippen LogP contribution >= 0.6 is 23.1 Å². The summed E-state index contributed by atoms with van der Waals surface area (Å²) in [6.45, 7) is 5.97. The molecule has 2 heterocycles. The number of hydrogen-bond acceptors (Lipinski definition) is 5. The van der Waals surface area contributed by atoms with Crippen molar-refractivity contribution in [1.82, 2.24) is 9.55 Å². The van der Waals surface area contributed by atoms with Gasteiger partial charge in [-0.15, -0.1) is 11.3 Å². The number of aromatic nitrogens is 2. The molecule has 0 aliphatic rings. The second-order valence-corrected chi connectivity index (χ2v) is 7.87. The van der Waals surface area contributed by atoms with Crippen molar-refractivity contribution in [1.29, 1.82) is 0 Å². The molecule has 124 valence electrons. The molecule has 0 atom stereocenters. The smallest absolute Gasteiger partial charge is 0.263 e. The van der Waals surface area contributed by atoms with Gasteiger partial charge < -0.3 is 0 Å². The lowest BCUT2D eigenvalue weighted by molar-refractivity contribution is -0.114. The lowest BCUT2D eigenvalue weighted by atomic mass is 10.2. The molecule has 0 radical (unpaired) electrons. The standard InChI is InChI=1S/C18H18N2O2S2/c1-11(21)10-23-18-19-16-15(12(2)13(3)24-16)17(22)20(18)9-14-7-5-4-6-8-14/h4-8H,9-10H2,1-3H3. The molecular formula is C18H18N2O2S2. The van der Waals surface area contributed by atoms with Crippen molar-refractivity contribution in [2.75, 3.05) is 5.75 Å². The first-order chi connectivity index (χ1) is 11.5. The third-order valence-corrected chi connectivity index (χ3v) is 6.06. The Morgan fingerprint density at radius 3 is 2.62 bits per heavy atom. The average Bonchev–Trinajstić information content (AvgIpc) is 2.84. The molecule has 0 aliphatic heterocycles. The highest BCUT2D eigenvalue weighted by atomic mass is 32.2. The topological polar surface area (TPSA) is 52.0 Å². The molecule has 2 aromatic heterocycles. The van der Waals surface area contributed by atoms with Crippen LogP contribution < -0.4 is 5.56 Å². The minimum Gasteiger partial charge on any atom is -0.299 e. The fourth-order valence-corrected chi connectivity index (χ4v) is 4.36. The first-order valence-electron chi connectivity index (χ1n) is 7.64. The molecule has 6 heteroatoms. The molecule has 24 heavy (non-hydrogen) atoms. The molecule has 0 bridgehead atoms. The second-order valence-electron chi connectivity index (χ2n) is 5.73. The summed E-state index contributed by atoms with van der Waals surface area (Å²) in [5.74, 6) is 0.384. The summed E-state index contributed by atoms with van der Waals surface area (Å²) in [5.41, 5.74) is 2.00. The van der Waals surface area contributed by atoms with Crippen LogP contribution in [0.5, 0.6) is 0 Å². The summed E-state index contributed by atoms with van der Waals surface area (Å²) in [6, 6.07) is 9.83. The van der Waals surface area contributed by atoms with Crippen molar-refractivity contribution >= 4 is 39.1 Å². The fourth-order valence-electron chi connectivity index (χ4n) is 2.49. The number of carbonyl (C=O) groups excluding carboxylic acids is 1. The zero-order valence-electron chi connectivity index (χ0n) is 13.8. The van der Waals surface area contributed by atoms with Crippen LogP contribution in [0.2, 0.25) is 0 Å². The van der Waals surface area contributed by atoms with E-state index in [1.165, 1.54) is 23.1 Å². The van der Waals surface area contributed by atoms with Crippen LogP contribution in [0.25, 0.3) is 10.2 Å². The Morgan fingerprint density at radius 1 is 1.25 bits per heavy atom. The highest BCUT2D eigenvalue weighted by molar-refractivity contribution is 7.99. The van der Waals surface area contributed by atoms with E-state index in [-0.39, 0.29) is 11.3 Å². The first-order valence-corrected chi connectivity index (χ1v) is 9.44. The number of benzene rings is 1. The summed E-state index contributed by atoms with van der Waals surface area (Å²) in [5, 5.41) is 1.30. The van der Waals surface area contributed by atoms with Gasteiger partial charge in [0.05, 0.1) is 17.7 Å². The molecule has 3 aromatic rings. The summed E-state index contributed by atoms with van der Waals surface area (Å²) >= 11 is 2.86. The Hall–Kier alpha value is -1.92. The van der Waals surface area contributed by atoms with Crippen LogP contribution in [0.3, 0.4) is 0 Å². The van der Waals surface area contributed by atoms with E-state index in [0.717, 1.165) is 20.8 Å². The zero-order chi connectivity index (χ0) is 17.3. The maximum Gasteiger partial charge on any atom is 0.263 e. The maximum absolute atomic E-state index is 13.1. The van der Waals surface area contributed by atoms with E-state index < -0.39 is 0 Å². The Kier molecular flexibility index (Phi) is 4.87. The quantitative estimate of drug-likeness (QED) is 0.514. The van der Waals surface area contributed by atoms with E-state index in [2.05, 4.69) is 4.98 Å². The van der Waals surface area contributed by atoms with E-state index >= 15 is 0 Å². The zero-order valence-corrected chi connectivity index (χ0v) is 15.5. The third-order valence-electron chi connectivity index (χ3n) is 3.84. The van der Waals surface area contributed by atoms with Gasteiger partial charge in [0.1, 0.15) is 10.6 Å². The predicted octanol–water partition coefficient (Wildman–Crippen LogP) is 3.80. The van der Waals surface area contributed by atoms with Gasteiger partial charge in [-0.2, -0.15) is 0 Å². The van der Waals surface area contributed by atoms with Crippen molar-refractivity contribution in [2.24, 2.45) is 0 Å². The van der Waals surface area contributed by atoms with Gasteiger partial charge in [-0.1, -0.05) is 42.1 Å². The Bertz CT molecular complexity index is 959. The first kappa shape index (κ1) is 16.9. The monoisotopic (exact) mass is 358 g/mol. The summed E-state index contributed by atoms with van der Waals surface area (Å²) in [4.78, 5) is 31.0. The van der Waals surface area contributed by atoms with E-state index in [4.69, 9.17) is 0 Å². The molecule has 3 rings (SSSR count). The van der Waals surface area contributed by atoms with Gasteiger partial charge in [-0.25, -0.2) is 4.98 Å². The Balaban J connectivity index is 2.16. The molecule has 0 N–H and O–H groups in total. The molecular weight excluding hydrogens is 340 g/mol. The largest absolute Gasteiger partial charge is 0.299 e. The Morgan fingerprint density at radius 2 is 1.96 bits per heavy atom. The van der Waals surface area contributed by atoms with Crippen LogP contribution in [0.1, 0.15) is 22.9 Å². The molecule has 0 saturated heterocycles. The highest BCUT2D eigenvalue weighted by Gasteiger charge is 2.17. The average molecular weight is 358 g/mol. The number of nitrogens with zero attached hydrogens (tertiary/aromatic N) is 2. The number of hydrogen-bond donors (Lipinski definition) is 0. The third kappa shape index (κ3) is 3.30. The summed E-state index contributed by atoms with van der Waals surface area (Å²) in [7, 11) is 0. The number of Topliss-reactive ketones (excluding diaryl/α,β-unsaturated/α-hetero) is 1. The van der Waals surface area contributed by atoms with Gasteiger partial charge in [-0.05, 0) is 31.9 Å². The lowest BCUT2D eigenvalue weighted by Crippen LogP contribution is -2.24. The van der Waals surface area contributed by atoms with Crippen molar-refractivity contribution in [2.45, 2.75) is 32.5 Å². The minimum atomic E-state index is -0.0308. The van der Waals surface area contributed by atoms with Crippen molar-refractivity contribution in [3.63, 3.8) is 0 Å². The van der Waals surface area contributed by atoms with Crippen molar-refractivity contribution in [3.05, 3.63) is 56.7 Å². The Labute approximate surface area is 148 Å². The molecule has 4 nitrogen and oxygen atoms in total. The lowest BCUT2D eigenvalue weighted by Gasteiger charge is -2.12. The predicted molar refractivity (Wildman–Crippen MR) is 100 cm³/mol. The molecule has 1 aromatic carbocycles. The van der Waals surface area contributed by atoms with Crippen LogP contribution in [0.15, 0.2) is 40.3 Å². The van der Waals surface area contributed by atoms with E-state index in [9.17, 15) is 9.59 Å². The summed E-state index contributed by atoms with van der Waals surface area (Å²) in [6.07, 6.45) is 0. The number of ketones is 1. The number of carbonyl (C=O) groups is 1. The molecule has 0 amide bonds. The molecule has 0 fully saturated rings. The van der Waals surface area contributed by atoms with Gasteiger partial charge in [0.25, 0.3) is 5.56 Å². The fraction of sp³-hybridized carbons (Fsp3) is 0.278. The van der Waals surface area contributed by atoms with Gasteiger partial charge in [0, 0.05) is 4.88 Å². The van der Waals surface area contributed by atoms with E-state index in [1.54, 1.807) is 11.5 Å². The number of thiophene rings is 1. The maximum atomic E-state index is 13.1. The number of rotatable bonds is 5. The second kappa shape index (κ2) is 6.91. The molecule has 0 aliphatic carbocycles. The van der Waals surface area contributed by atoms with Crippen molar-refractivity contribution in [3.8, 4) is 0 Å². The van der Waals surface area contributed by atoms with Crippen LogP contribution in [0.4, 0.5) is 0 Å². The molecule has 0 unspecified atom stereocenters. The normalized spacial score (nSPS) is 11.1. The van der Waals surface area contributed by atoms with Crippen LogP contribution in [0, 0.1) is 13.8 Å². The van der Waals surface area contributed by atoms with Crippen molar-refractivity contribution < 1.29 is 4.79 Å². The molecule has 0 spiro atoms. The van der Waals surface area contributed by atoms with Crippen LogP contribution in [-0.4, -0.2) is 21.1 Å². The minimum absolute atomic E-state index is 0.0308. The van der Waals surface area contributed by atoms with E-state index in [1.807, 2.05) is 44.2 Å². The van der Waals surface area contributed by atoms with Gasteiger partial charge in [-0.3, -0.25) is 14.2 Å². The summed E-state index contributed by atoms with van der Waals surface area (Å²) < 4.78 is 1.68.